The number of H-pyrrole nitrogens is 1. The molecule has 2 aromatic carbocycles. The molecule has 0 atom stereocenters. The Bertz CT molecular complexity index is 1160. The van der Waals surface area contributed by atoms with Crippen molar-refractivity contribution in [1.29, 1.82) is 0 Å². The fourth-order valence-corrected chi connectivity index (χ4v) is 3.39. The second-order valence-corrected chi connectivity index (χ2v) is 6.55. The van der Waals surface area contributed by atoms with Gasteiger partial charge in [-0.15, -0.1) is 0 Å². The third-order valence-corrected chi connectivity index (χ3v) is 4.87. The number of methoxy groups -OCH3 is 2. The van der Waals surface area contributed by atoms with Crippen molar-refractivity contribution in [3.8, 4) is 22.9 Å². The van der Waals surface area contributed by atoms with Crippen LogP contribution in [0.1, 0.15) is 17.3 Å². The maximum Gasteiger partial charge on any atom is 0.256 e. The summed E-state index contributed by atoms with van der Waals surface area (Å²) in [6, 6.07) is 16.8. The van der Waals surface area contributed by atoms with Gasteiger partial charge in [0.2, 0.25) is 0 Å². The second-order valence-electron chi connectivity index (χ2n) is 6.55. The highest BCUT2D eigenvalue weighted by Gasteiger charge is 2.14. The van der Waals surface area contributed by atoms with E-state index in [1.807, 2.05) is 24.3 Å². The highest BCUT2D eigenvalue weighted by atomic mass is 16.5. The monoisotopic (exact) mass is 390 g/mol. The molecule has 2 heterocycles. The molecule has 0 saturated heterocycles. The number of hydrogen-bond acceptors (Lipinski definition) is 4. The van der Waals surface area contributed by atoms with Crippen LogP contribution in [-0.2, 0) is 6.54 Å². The number of anilines is 1. The molecule has 2 aromatic heterocycles. The average molecular weight is 390 g/mol. The quantitative estimate of drug-likeness (QED) is 0.514. The Morgan fingerprint density at radius 1 is 1.03 bits per heavy atom. The number of ether oxygens (including phenoxy) is 2. The normalized spacial score (nSPS) is 10.9. The summed E-state index contributed by atoms with van der Waals surface area (Å²) < 4.78 is 12.6. The van der Waals surface area contributed by atoms with Crippen LogP contribution in [0.25, 0.3) is 22.3 Å². The molecule has 0 aliphatic heterocycles. The number of nitrogens with zero attached hydrogens (tertiary/aromatic N) is 2. The molecule has 7 nitrogen and oxygen atoms in total. The smallest absolute Gasteiger partial charge is 0.256 e. The van der Waals surface area contributed by atoms with Crippen molar-refractivity contribution in [3.05, 3.63) is 60.2 Å². The third kappa shape index (κ3) is 3.54. The van der Waals surface area contributed by atoms with Crippen molar-refractivity contribution in [2.45, 2.75) is 13.5 Å². The molecule has 2 N–H and O–H groups in total. The Morgan fingerprint density at radius 3 is 2.45 bits per heavy atom. The Morgan fingerprint density at radius 2 is 1.76 bits per heavy atom. The summed E-state index contributed by atoms with van der Waals surface area (Å²) in [6.07, 6.45) is 0. The molecule has 4 aromatic rings. The molecular formula is C22H22N4O3. The van der Waals surface area contributed by atoms with Crippen LogP contribution < -0.4 is 14.8 Å². The Labute approximate surface area is 168 Å². The van der Waals surface area contributed by atoms with Gasteiger partial charge in [0.1, 0.15) is 11.5 Å². The van der Waals surface area contributed by atoms with E-state index >= 15 is 0 Å². The highest BCUT2D eigenvalue weighted by Crippen LogP contribution is 2.30. The molecule has 0 bridgehead atoms. The predicted octanol–water partition coefficient (Wildman–Crippen LogP) is 4.32. The summed E-state index contributed by atoms with van der Waals surface area (Å²) in [7, 11) is 3.25. The number of hydrogen-bond donors (Lipinski definition) is 2. The number of aromatic nitrogens is 3. The summed E-state index contributed by atoms with van der Waals surface area (Å²) in [6.45, 7) is 2.90. The minimum atomic E-state index is -0.230. The number of carbonyl (C=O) groups is 1. The standard InChI is InChI=1S/C22H22N4O3/c1-4-26-19-10-9-17(29-3)11-15(19)12-20(26)18-13-21(25-24-18)23-22(27)14-5-7-16(28-2)8-6-14/h5-13H,4H2,1-3H3,(H2,23,24,25,27). The van der Waals surface area contributed by atoms with Gasteiger partial charge in [-0.1, -0.05) is 0 Å². The van der Waals surface area contributed by atoms with E-state index in [2.05, 4.69) is 33.1 Å². The molecular weight excluding hydrogens is 368 g/mol. The van der Waals surface area contributed by atoms with Crippen LogP contribution >= 0.6 is 0 Å². The lowest BCUT2D eigenvalue weighted by Crippen LogP contribution is -2.11. The average Bonchev–Trinajstić information content (AvgIpc) is 3.37. The zero-order valence-electron chi connectivity index (χ0n) is 16.5. The number of benzene rings is 2. The number of carbonyl (C=O) groups excluding carboxylic acids is 1. The minimum Gasteiger partial charge on any atom is -0.497 e. The van der Waals surface area contributed by atoms with E-state index in [0.29, 0.717) is 17.1 Å². The van der Waals surface area contributed by atoms with Crippen LogP contribution in [0.3, 0.4) is 0 Å². The summed E-state index contributed by atoms with van der Waals surface area (Å²) in [5, 5.41) is 11.2. The van der Waals surface area contributed by atoms with Crippen molar-refractivity contribution in [2.24, 2.45) is 0 Å². The van der Waals surface area contributed by atoms with E-state index in [0.717, 1.165) is 34.6 Å². The molecule has 148 valence electrons. The lowest BCUT2D eigenvalue weighted by Gasteiger charge is -2.06. The van der Waals surface area contributed by atoms with E-state index < -0.39 is 0 Å². The number of fused-ring (bicyclic) bond motifs is 1. The van der Waals surface area contributed by atoms with Gasteiger partial charge in [0.25, 0.3) is 5.91 Å². The number of rotatable bonds is 6. The van der Waals surface area contributed by atoms with Gasteiger partial charge in [0.05, 0.1) is 25.6 Å². The molecule has 0 saturated carbocycles. The van der Waals surface area contributed by atoms with Crippen LogP contribution in [0.15, 0.2) is 54.6 Å². The predicted molar refractivity (Wildman–Crippen MR) is 113 cm³/mol. The second kappa shape index (κ2) is 7.71. The van der Waals surface area contributed by atoms with Crippen LogP contribution in [0, 0.1) is 0 Å². The van der Waals surface area contributed by atoms with E-state index in [-0.39, 0.29) is 5.91 Å². The van der Waals surface area contributed by atoms with Crippen molar-refractivity contribution < 1.29 is 14.3 Å². The van der Waals surface area contributed by atoms with Gasteiger partial charge in [-0.3, -0.25) is 9.89 Å². The first kappa shape index (κ1) is 18.6. The van der Waals surface area contributed by atoms with E-state index in [1.165, 1.54) is 0 Å². The summed E-state index contributed by atoms with van der Waals surface area (Å²) in [4.78, 5) is 12.5. The molecule has 4 rings (SSSR count). The Kier molecular flexibility index (Phi) is 4.95. The van der Waals surface area contributed by atoms with Gasteiger partial charge in [-0.2, -0.15) is 5.10 Å². The summed E-state index contributed by atoms with van der Waals surface area (Å²) in [5.41, 5.74) is 3.46. The van der Waals surface area contributed by atoms with Crippen molar-refractivity contribution in [3.63, 3.8) is 0 Å². The van der Waals surface area contributed by atoms with Crippen LogP contribution in [0.2, 0.25) is 0 Å². The maximum atomic E-state index is 12.5. The molecule has 0 radical (unpaired) electrons. The molecule has 0 fully saturated rings. The first-order valence-electron chi connectivity index (χ1n) is 9.31. The van der Waals surface area contributed by atoms with E-state index in [9.17, 15) is 4.79 Å². The van der Waals surface area contributed by atoms with Gasteiger partial charge in [0, 0.05) is 29.1 Å². The molecule has 0 aliphatic rings. The van der Waals surface area contributed by atoms with Crippen molar-refractivity contribution in [2.75, 3.05) is 19.5 Å². The number of nitrogens with one attached hydrogen (secondary N) is 2. The summed E-state index contributed by atoms with van der Waals surface area (Å²) in [5.74, 6) is 1.75. The van der Waals surface area contributed by atoms with Crippen molar-refractivity contribution in [1.82, 2.24) is 14.8 Å². The molecule has 0 aliphatic carbocycles. The highest BCUT2D eigenvalue weighted by molar-refractivity contribution is 6.04. The van der Waals surface area contributed by atoms with Gasteiger partial charge in [0.15, 0.2) is 5.82 Å². The lowest BCUT2D eigenvalue weighted by atomic mass is 10.2. The number of amides is 1. The van der Waals surface area contributed by atoms with Crippen LogP contribution in [0.5, 0.6) is 11.5 Å². The number of aryl methyl sites for hydroxylation is 1. The lowest BCUT2D eigenvalue weighted by molar-refractivity contribution is 0.102. The summed E-state index contributed by atoms with van der Waals surface area (Å²) >= 11 is 0. The molecule has 7 heteroatoms. The van der Waals surface area contributed by atoms with Gasteiger partial charge < -0.3 is 19.4 Å². The van der Waals surface area contributed by atoms with Crippen LogP contribution in [-0.4, -0.2) is 34.9 Å². The zero-order valence-corrected chi connectivity index (χ0v) is 16.5. The van der Waals surface area contributed by atoms with Gasteiger partial charge >= 0.3 is 0 Å². The maximum absolute atomic E-state index is 12.5. The van der Waals surface area contributed by atoms with Gasteiger partial charge in [-0.05, 0) is 55.5 Å². The fraction of sp³-hybridized carbons (Fsp3) is 0.182. The molecule has 1 amide bonds. The van der Waals surface area contributed by atoms with Gasteiger partial charge in [-0.25, -0.2) is 0 Å². The topological polar surface area (TPSA) is 81.2 Å². The first-order chi connectivity index (χ1) is 14.1. The fourth-order valence-electron chi connectivity index (χ4n) is 3.39. The SMILES string of the molecule is CCn1c(-c2cc(NC(=O)c3ccc(OC)cc3)n[nH]2)cc2cc(OC)ccc21. The van der Waals surface area contributed by atoms with Crippen LogP contribution in [0.4, 0.5) is 5.82 Å². The Balaban J connectivity index is 1.60. The first-order valence-corrected chi connectivity index (χ1v) is 9.31. The zero-order chi connectivity index (χ0) is 20.4. The Hall–Kier alpha value is -3.74. The molecule has 0 unspecified atom stereocenters. The largest absolute Gasteiger partial charge is 0.497 e. The third-order valence-electron chi connectivity index (χ3n) is 4.87. The van der Waals surface area contributed by atoms with E-state index in [4.69, 9.17) is 9.47 Å². The molecule has 29 heavy (non-hydrogen) atoms. The van der Waals surface area contributed by atoms with Crippen molar-refractivity contribution >= 4 is 22.6 Å². The molecule has 0 spiro atoms. The number of aromatic amines is 1. The minimum absolute atomic E-state index is 0.230. The van der Waals surface area contributed by atoms with E-state index in [1.54, 1.807) is 38.5 Å².